The monoisotopic (exact) mass is 454 g/mol. The fourth-order valence-electron chi connectivity index (χ4n) is 2.68. The number of hydrogen-bond donors (Lipinski definition) is 0. The van der Waals surface area contributed by atoms with Crippen LogP contribution in [-0.2, 0) is 4.52 Å². The van der Waals surface area contributed by atoms with Crippen LogP contribution in [0.3, 0.4) is 0 Å². The van der Waals surface area contributed by atoms with Gasteiger partial charge in [-0.15, -0.1) is 0 Å². The Morgan fingerprint density at radius 3 is 1.04 bits per heavy atom. The molecule has 3 rings (SSSR count). The molecule has 0 N–H and O–H groups in total. The molecule has 0 saturated carbocycles. The Kier molecular flexibility index (Phi) is 8.36. The average Bonchev–Trinajstić information content (AvgIpc) is 2.59. The lowest BCUT2D eigenvalue weighted by Crippen LogP contribution is -3.00. The number of hydrogen-bond acceptors (Lipinski definition) is 1. The Hall–Kier alpha value is -0.790. The first-order valence-corrected chi connectivity index (χ1v) is 8.70. The molecule has 0 radical (unpaired) electrons. The van der Waals surface area contributed by atoms with E-state index in [1.54, 1.807) is 0 Å². The molecule has 0 fully saturated rings. The van der Waals surface area contributed by atoms with Crippen molar-refractivity contribution in [3.05, 3.63) is 91.0 Å². The maximum atomic E-state index is 6.21. The summed E-state index contributed by atoms with van der Waals surface area (Å²) in [7, 11) is -0.214. The van der Waals surface area contributed by atoms with Crippen LogP contribution in [0.1, 0.15) is 0 Å². The zero-order valence-electron chi connectivity index (χ0n) is 13.1. The average molecular weight is 454 g/mol. The van der Waals surface area contributed by atoms with Crippen molar-refractivity contribution in [2.75, 3.05) is 7.11 Å². The standard InChI is InChI=1S/C19H18OP.HI.H3P/c1-20-21(17-11-5-2-6-12-17,18-13-7-3-8-14-18)19-15-9-4-10-16-19;;/h2-16H,1H3;1H;1H3/q+1;;/p-1. The van der Waals surface area contributed by atoms with E-state index in [1.807, 2.05) is 25.3 Å². The van der Waals surface area contributed by atoms with Crippen molar-refractivity contribution in [1.29, 1.82) is 0 Å². The molecule has 0 heterocycles. The van der Waals surface area contributed by atoms with Crippen LogP contribution in [0.2, 0.25) is 0 Å². The van der Waals surface area contributed by atoms with E-state index in [-0.39, 0.29) is 33.9 Å². The summed E-state index contributed by atoms with van der Waals surface area (Å²) >= 11 is 0. The highest BCUT2D eigenvalue weighted by molar-refractivity contribution is 7.91. The molecular weight excluding hydrogens is 433 g/mol. The van der Waals surface area contributed by atoms with Crippen molar-refractivity contribution in [3.8, 4) is 0 Å². The van der Waals surface area contributed by atoms with Gasteiger partial charge in [0.05, 0.1) is 7.11 Å². The lowest BCUT2D eigenvalue weighted by Gasteiger charge is -2.23. The Balaban J connectivity index is 0.00000132. The maximum Gasteiger partial charge on any atom is 0.241 e. The van der Waals surface area contributed by atoms with E-state index in [1.165, 1.54) is 15.9 Å². The molecule has 0 aliphatic rings. The Labute approximate surface area is 159 Å². The zero-order valence-corrected chi connectivity index (χ0v) is 17.6. The third kappa shape index (κ3) is 4.00. The third-order valence-electron chi connectivity index (χ3n) is 3.63. The molecule has 3 aromatic carbocycles. The van der Waals surface area contributed by atoms with Gasteiger partial charge in [0, 0.05) is 0 Å². The van der Waals surface area contributed by atoms with E-state index in [9.17, 15) is 0 Å². The summed E-state index contributed by atoms with van der Waals surface area (Å²) in [5.74, 6) is 0. The summed E-state index contributed by atoms with van der Waals surface area (Å²) in [6.45, 7) is 0. The quantitative estimate of drug-likeness (QED) is 0.415. The van der Waals surface area contributed by atoms with E-state index < -0.39 is 7.49 Å². The van der Waals surface area contributed by atoms with E-state index in [0.29, 0.717) is 0 Å². The van der Waals surface area contributed by atoms with Gasteiger partial charge < -0.3 is 24.0 Å². The Morgan fingerprint density at radius 2 is 0.826 bits per heavy atom. The summed E-state index contributed by atoms with van der Waals surface area (Å²) in [5.41, 5.74) is 0. The van der Waals surface area contributed by atoms with Gasteiger partial charge in [0.25, 0.3) is 0 Å². The molecule has 3 aromatic rings. The molecule has 1 nitrogen and oxygen atoms in total. The third-order valence-corrected chi connectivity index (χ3v) is 7.26. The second kappa shape index (κ2) is 9.49. The highest BCUT2D eigenvalue weighted by Gasteiger charge is 2.46. The van der Waals surface area contributed by atoms with Gasteiger partial charge in [-0.3, -0.25) is 0 Å². The van der Waals surface area contributed by atoms with E-state index in [0.717, 1.165) is 0 Å². The molecule has 23 heavy (non-hydrogen) atoms. The molecule has 0 spiro atoms. The molecular formula is C19H21IOP2. The molecule has 4 heteroatoms. The summed E-state index contributed by atoms with van der Waals surface area (Å²) in [4.78, 5) is 0. The van der Waals surface area contributed by atoms with Crippen molar-refractivity contribution in [3.63, 3.8) is 0 Å². The fourth-order valence-corrected chi connectivity index (χ4v) is 5.98. The molecule has 120 valence electrons. The van der Waals surface area contributed by atoms with Gasteiger partial charge in [0.15, 0.2) is 0 Å². The van der Waals surface area contributed by atoms with Crippen molar-refractivity contribution >= 4 is 33.3 Å². The molecule has 0 amide bonds. The van der Waals surface area contributed by atoms with Gasteiger partial charge in [-0.2, -0.15) is 9.90 Å². The van der Waals surface area contributed by atoms with Gasteiger partial charge in [0.2, 0.25) is 7.49 Å². The minimum Gasteiger partial charge on any atom is -1.00 e. The Morgan fingerprint density at radius 1 is 0.565 bits per heavy atom. The lowest BCUT2D eigenvalue weighted by atomic mass is 10.4. The second-order valence-corrected chi connectivity index (χ2v) is 7.93. The summed E-state index contributed by atoms with van der Waals surface area (Å²) in [5, 5.41) is 3.72. The highest BCUT2D eigenvalue weighted by Crippen LogP contribution is 2.55. The van der Waals surface area contributed by atoms with Crippen LogP contribution in [0.25, 0.3) is 0 Å². The van der Waals surface area contributed by atoms with Crippen LogP contribution in [0.4, 0.5) is 0 Å². The van der Waals surface area contributed by atoms with Crippen LogP contribution in [-0.4, -0.2) is 7.11 Å². The van der Waals surface area contributed by atoms with E-state index in [2.05, 4.69) is 72.8 Å². The van der Waals surface area contributed by atoms with Gasteiger partial charge >= 0.3 is 0 Å². The van der Waals surface area contributed by atoms with Crippen LogP contribution in [0, 0.1) is 0 Å². The molecule has 0 aliphatic heterocycles. The first-order chi connectivity index (χ1) is 10.4. The van der Waals surface area contributed by atoms with Crippen LogP contribution in [0.5, 0.6) is 0 Å². The number of halogens is 1. The van der Waals surface area contributed by atoms with Crippen molar-refractivity contribution in [2.24, 2.45) is 0 Å². The minimum atomic E-state index is -2.03. The predicted molar refractivity (Wildman–Crippen MR) is 103 cm³/mol. The van der Waals surface area contributed by atoms with Gasteiger partial charge in [-0.25, -0.2) is 4.52 Å². The SMILES string of the molecule is CO[P+](c1ccccc1)(c1ccccc1)c1ccccc1.P.[I-]. The first-order valence-electron chi connectivity index (χ1n) is 6.99. The highest BCUT2D eigenvalue weighted by atomic mass is 127. The molecule has 0 aromatic heterocycles. The smallest absolute Gasteiger partial charge is 0.241 e. The van der Waals surface area contributed by atoms with Gasteiger partial charge in [-0.05, 0) is 36.4 Å². The molecule has 0 saturated heterocycles. The number of rotatable bonds is 4. The Bertz CT molecular complexity index is 594. The lowest BCUT2D eigenvalue weighted by molar-refractivity contribution is -0.00000462. The van der Waals surface area contributed by atoms with E-state index in [4.69, 9.17) is 4.52 Å². The van der Waals surface area contributed by atoms with Crippen LogP contribution >= 0.6 is 17.4 Å². The minimum absolute atomic E-state index is 0. The van der Waals surface area contributed by atoms with Crippen molar-refractivity contribution < 1.29 is 28.5 Å². The molecule has 1 unspecified atom stereocenters. The topological polar surface area (TPSA) is 9.23 Å². The summed E-state index contributed by atoms with van der Waals surface area (Å²) in [6.07, 6.45) is 0. The largest absolute Gasteiger partial charge is 1.00 e. The second-order valence-electron chi connectivity index (χ2n) is 4.80. The fraction of sp³-hybridized carbons (Fsp3) is 0.0526. The van der Waals surface area contributed by atoms with Gasteiger partial charge in [0.1, 0.15) is 15.9 Å². The van der Waals surface area contributed by atoms with Crippen LogP contribution < -0.4 is 39.9 Å². The van der Waals surface area contributed by atoms with Crippen molar-refractivity contribution in [1.82, 2.24) is 0 Å². The van der Waals surface area contributed by atoms with Crippen LogP contribution in [0.15, 0.2) is 91.0 Å². The summed E-state index contributed by atoms with van der Waals surface area (Å²) < 4.78 is 6.21. The molecule has 1 atom stereocenters. The molecule has 0 bridgehead atoms. The number of benzene rings is 3. The predicted octanol–water partition coefficient (Wildman–Crippen LogP) is 0.604. The maximum absolute atomic E-state index is 6.21. The van der Waals surface area contributed by atoms with Crippen molar-refractivity contribution in [2.45, 2.75) is 0 Å². The molecule has 0 aliphatic carbocycles. The van der Waals surface area contributed by atoms with E-state index >= 15 is 0 Å². The zero-order chi connectivity index (χ0) is 14.5. The normalized spacial score (nSPS) is 10.3. The van der Waals surface area contributed by atoms with Gasteiger partial charge in [-0.1, -0.05) is 54.6 Å². The summed E-state index contributed by atoms with van der Waals surface area (Å²) in [6, 6.07) is 31.6. The first kappa shape index (κ1) is 20.3.